The Balaban J connectivity index is 1.91. The number of hydrogen-bond acceptors (Lipinski definition) is 5. The average molecular weight is 194 g/mol. The molecule has 5 heteroatoms. The minimum atomic E-state index is -0.632. The van der Waals surface area contributed by atoms with Crippen LogP contribution in [0, 0.1) is 6.92 Å². The van der Waals surface area contributed by atoms with Gasteiger partial charge < -0.3 is 15.7 Å². The molecule has 0 atom stereocenters. The van der Waals surface area contributed by atoms with Gasteiger partial charge in [-0.3, -0.25) is 0 Å². The summed E-state index contributed by atoms with van der Waals surface area (Å²) >= 11 is 0. The van der Waals surface area contributed by atoms with E-state index in [4.69, 9.17) is 0 Å². The highest BCUT2D eigenvalue weighted by Crippen LogP contribution is 2.10. The van der Waals surface area contributed by atoms with Crippen LogP contribution < -0.4 is 10.6 Å². The molecule has 5 nitrogen and oxygen atoms in total. The molecule has 1 saturated heterocycles. The van der Waals surface area contributed by atoms with Crippen molar-refractivity contribution in [2.24, 2.45) is 0 Å². The minimum absolute atomic E-state index is 0.490. The lowest BCUT2D eigenvalue weighted by molar-refractivity contribution is 0.00298. The molecule has 0 aliphatic carbocycles. The fourth-order valence-corrected chi connectivity index (χ4v) is 1.32. The highest BCUT2D eigenvalue weighted by molar-refractivity contribution is 5.26. The fraction of sp³-hybridized carbons (Fsp3) is 0.556. The molecule has 76 valence electrons. The third-order valence-electron chi connectivity index (χ3n) is 2.28. The van der Waals surface area contributed by atoms with Gasteiger partial charge in [0.1, 0.15) is 5.60 Å². The summed E-state index contributed by atoms with van der Waals surface area (Å²) in [7, 11) is 0. The van der Waals surface area contributed by atoms with Gasteiger partial charge in [0.2, 0.25) is 5.95 Å². The van der Waals surface area contributed by atoms with Gasteiger partial charge in [-0.2, -0.15) is 0 Å². The van der Waals surface area contributed by atoms with Crippen molar-refractivity contribution in [3.63, 3.8) is 0 Å². The van der Waals surface area contributed by atoms with Gasteiger partial charge in [0, 0.05) is 31.5 Å². The largest absolute Gasteiger partial charge is 0.385 e. The van der Waals surface area contributed by atoms with E-state index in [-0.39, 0.29) is 0 Å². The van der Waals surface area contributed by atoms with Crippen LogP contribution in [-0.4, -0.2) is 40.3 Å². The van der Waals surface area contributed by atoms with E-state index < -0.39 is 5.60 Å². The quantitative estimate of drug-likeness (QED) is 0.607. The summed E-state index contributed by atoms with van der Waals surface area (Å²) in [6.07, 6.45) is 1.70. The SMILES string of the molecule is Cc1ccnc(NCC2(O)CNC2)n1. The van der Waals surface area contributed by atoms with Gasteiger partial charge in [0.05, 0.1) is 0 Å². The first kappa shape index (κ1) is 9.36. The Hall–Kier alpha value is -1.20. The van der Waals surface area contributed by atoms with Crippen LogP contribution in [0.3, 0.4) is 0 Å². The van der Waals surface area contributed by atoms with Crippen LogP contribution in [0.4, 0.5) is 5.95 Å². The molecule has 0 unspecified atom stereocenters. The number of aliphatic hydroxyl groups is 1. The first-order chi connectivity index (χ1) is 6.68. The van der Waals surface area contributed by atoms with E-state index in [9.17, 15) is 5.11 Å². The van der Waals surface area contributed by atoms with Crippen molar-refractivity contribution in [2.75, 3.05) is 25.0 Å². The zero-order valence-electron chi connectivity index (χ0n) is 8.12. The Morgan fingerprint density at radius 3 is 3.00 bits per heavy atom. The number of aryl methyl sites for hydroxylation is 1. The molecule has 0 amide bonds. The zero-order valence-corrected chi connectivity index (χ0v) is 8.12. The predicted octanol–water partition coefficient (Wildman–Crippen LogP) is -0.469. The molecule has 0 radical (unpaired) electrons. The zero-order chi connectivity index (χ0) is 10.0. The second kappa shape index (κ2) is 3.51. The summed E-state index contributed by atoms with van der Waals surface area (Å²) in [5.41, 5.74) is 0.286. The number of aromatic nitrogens is 2. The molecule has 1 aromatic rings. The monoisotopic (exact) mass is 194 g/mol. The molecule has 1 aromatic heterocycles. The van der Waals surface area contributed by atoms with Crippen molar-refractivity contribution in [1.82, 2.24) is 15.3 Å². The molecule has 14 heavy (non-hydrogen) atoms. The van der Waals surface area contributed by atoms with Gasteiger partial charge >= 0.3 is 0 Å². The van der Waals surface area contributed by atoms with E-state index >= 15 is 0 Å². The Morgan fingerprint density at radius 2 is 2.43 bits per heavy atom. The van der Waals surface area contributed by atoms with E-state index in [1.54, 1.807) is 6.20 Å². The lowest BCUT2D eigenvalue weighted by Crippen LogP contribution is -2.63. The van der Waals surface area contributed by atoms with Crippen LogP contribution >= 0.6 is 0 Å². The molecular weight excluding hydrogens is 180 g/mol. The number of hydrogen-bond donors (Lipinski definition) is 3. The second-order valence-electron chi connectivity index (χ2n) is 3.70. The Morgan fingerprint density at radius 1 is 1.64 bits per heavy atom. The van der Waals surface area contributed by atoms with Crippen LogP contribution in [0.1, 0.15) is 5.69 Å². The minimum Gasteiger partial charge on any atom is -0.385 e. The van der Waals surface area contributed by atoms with Crippen LogP contribution in [-0.2, 0) is 0 Å². The summed E-state index contributed by atoms with van der Waals surface area (Å²) in [5.74, 6) is 0.574. The standard InChI is InChI=1S/C9H14N4O/c1-7-2-3-11-8(13-7)12-6-9(14)4-10-5-9/h2-3,10,14H,4-6H2,1H3,(H,11,12,13). The molecule has 1 aliphatic rings. The maximum atomic E-state index is 9.76. The molecule has 2 heterocycles. The van der Waals surface area contributed by atoms with Gasteiger partial charge in [-0.25, -0.2) is 9.97 Å². The van der Waals surface area contributed by atoms with Crippen molar-refractivity contribution < 1.29 is 5.11 Å². The molecule has 0 saturated carbocycles. The van der Waals surface area contributed by atoms with Crippen molar-refractivity contribution in [3.8, 4) is 0 Å². The lowest BCUT2D eigenvalue weighted by Gasteiger charge is -2.37. The van der Waals surface area contributed by atoms with Gasteiger partial charge in [-0.15, -0.1) is 0 Å². The highest BCUT2D eigenvalue weighted by Gasteiger charge is 2.33. The van der Waals surface area contributed by atoms with Gasteiger partial charge in [-0.05, 0) is 13.0 Å². The van der Waals surface area contributed by atoms with Crippen LogP contribution in [0.25, 0.3) is 0 Å². The van der Waals surface area contributed by atoms with Crippen molar-refractivity contribution >= 4 is 5.95 Å². The summed E-state index contributed by atoms with van der Waals surface area (Å²) in [4.78, 5) is 8.23. The molecular formula is C9H14N4O. The van der Waals surface area contributed by atoms with Crippen molar-refractivity contribution in [2.45, 2.75) is 12.5 Å². The first-order valence-electron chi connectivity index (χ1n) is 4.65. The van der Waals surface area contributed by atoms with Crippen molar-refractivity contribution in [1.29, 1.82) is 0 Å². The number of anilines is 1. The Labute approximate surface area is 82.6 Å². The van der Waals surface area contributed by atoms with Crippen molar-refractivity contribution in [3.05, 3.63) is 18.0 Å². The Bertz CT molecular complexity index is 324. The summed E-state index contributed by atoms with van der Waals surface area (Å²) in [6.45, 7) is 3.66. The molecule has 0 spiro atoms. The number of rotatable bonds is 3. The van der Waals surface area contributed by atoms with E-state index in [0.717, 1.165) is 5.69 Å². The third-order valence-corrected chi connectivity index (χ3v) is 2.28. The van der Waals surface area contributed by atoms with Gasteiger partial charge in [0.25, 0.3) is 0 Å². The number of β-amino-alcohol motifs (C(OH)–C–C–N with tert-alkyl or cyclic N) is 1. The van der Waals surface area contributed by atoms with Crippen LogP contribution in [0.15, 0.2) is 12.3 Å². The third kappa shape index (κ3) is 2.00. The number of nitrogens with one attached hydrogen (secondary N) is 2. The molecule has 2 rings (SSSR count). The lowest BCUT2D eigenvalue weighted by atomic mass is 9.98. The van der Waals surface area contributed by atoms with E-state index in [0.29, 0.717) is 25.6 Å². The molecule has 0 aromatic carbocycles. The second-order valence-corrected chi connectivity index (χ2v) is 3.70. The summed E-state index contributed by atoms with van der Waals surface area (Å²) in [6, 6.07) is 1.84. The maximum Gasteiger partial charge on any atom is 0.222 e. The topological polar surface area (TPSA) is 70.1 Å². The molecule has 0 bridgehead atoms. The van der Waals surface area contributed by atoms with Gasteiger partial charge in [0.15, 0.2) is 0 Å². The normalized spacial score (nSPS) is 18.7. The highest BCUT2D eigenvalue weighted by atomic mass is 16.3. The average Bonchev–Trinajstić information content (AvgIpc) is 2.12. The number of nitrogens with zero attached hydrogens (tertiary/aromatic N) is 2. The van der Waals surface area contributed by atoms with E-state index in [1.807, 2.05) is 13.0 Å². The summed E-state index contributed by atoms with van der Waals surface area (Å²) < 4.78 is 0. The fourth-order valence-electron chi connectivity index (χ4n) is 1.32. The maximum absolute atomic E-state index is 9.76. The molecule has 1 fully saturated rings. The first-order valence-corrected chi connectivity index (χ1v) is 4.65. The molecule has 3 N–H and O–H groups in total. The summed E-state index contributed by atoms with van der Waals surface area (Å²) in [5, 5.41) is 15.8. The predicted molar refractivity (Wildman–Crippen MR) is 53.1 cm³/mol. The van der Waals surface area contributed by atoms with Gasteiger partial charge in [-0.1, -0.05) is 0 Å². The van der Waals surface area contributed by atoms with E-state index in [2.05, 4.69) is 20.6 Å². The smallest absolute Gasteiger partial charge is 0.222 e. The van der Waals surface area contributed by atoms with Crippen LogP contribution in [0.5, 0.6) is 0 Å². The van der Waals surface area contributed by atoms with Crippen LogP contribution in [0.2, 0.25) is 0 Å². The van der Waals surface area contributed by atoms with E-state index in [1.165, 1.54) is 0 Å². The Kier molecular flexibility index (Phi) is 2.35. The molecule has 1 aliphatic heterocycles.